The van der Waals surface area contributed by atoms with Crippen molar-refractivity contribution in [1.82, 2.24) is 0 Å². The fraction of sp³-hybridized carbons (Fsp3) is 0.381. The number of para-hydroxylation sites is 1. The van der Waals surface area contributed by atoms with Crippen LogP contribution in [0.15, 0.2) is 42.5 Å². The minimum Gasteiger partial charge on any atom is -0.496 e. The summed E-state index contributed by atoms with van der Waals surface area (Å²) in [5.41, 5.74) is 1.12. The summed E-state index contributed by atoms with van der Waals surface area (Å²) in [4.78, 5) is 12.2. The van der Waals surface area contributed by atoms with Gasteiger partial charge in [-0.3, -0.25) is 4.79 Å². The Morgan fingerprint density at radius 1 is 1.08 bits per heavy atom. The zero-order valence-corrected chi connectivity index (χ0v) is 14.8. The molecule has 0 aliphatic heterocycles. The van der Waals surface area contributed by atoms with Crippen LogP contribution in [0.2, 0.25) is 0 Å². The normalized spacial score (nSPS) is 19.8. The Morgan fingerprint density at radius 3 is 2.54 bits per heavy atom. The molecule has 2 aromatic rings. The lowest BCUT2D eigenvalue weighted by atomic mass is 9.77. The highest BCUT2D eigenvalue weighted by atomic mass is 19.2. The van der Waals surface area contributed by atoms with E-state index < -0.39 is 11.6 Å². The fourth-order valence-electron chi connectivity index (χ4n) is 3.75. The summed E-state index contributed by atoms with van der Waals surface area (Å²) in [5, 5.41) is 2.49. The first-order valence-electron chi connectivity index (χ1n) is 8.95. The molecule has 138 valence electrons. The second-order valence-corrected chi connectivity index (χ2v) is 6.81. The van der Waals surface area contributed by atoms with Gasteiger partial charge in [-0.2, -0.15) is 0 Å². The molecule has 1 N–H and O–H groups in total. The number of carbonyl (C=O) groups is 1. The summed E-state index contributed by atoms with van der Waals surface area (Å²) in [5.74, 6) is -0.630. The van der Waals surface area contributed by atoms with E-state index in [4.69, 9.17) is 4.74 Å². The Kier molecular flexibility index (Phi) is 5.86. The molecule has 26 heavy (non-hydrogen) atoms. The molecule has 3 rings (SSSR count). The predicted molar refractivity (Wildman–Crippen MR) is 97.3 cm³/mol. The van der Waals surface area contributed by atoms with Crippen molar-refractivity contribution < 1.29 is 18.3 Å². The molecule has 0 unspecified atom stereocenters. The highest BCUT2D eigenvalue weighted by molar-refractivity contribution is 5.91. The first kappa shape index (κ1) is 18.4. The Hall–Kier alpha value is -2.43. The SMILES string of the molecule is COc1ccccc1C1CCC(CC(=O)Nc2cccc(F)c2F)CC1. The van der Waals surface area contributed by atoms with Gasteiger partial charge in [0.1, 0.15) is 5.75 Å². The third-order valence-electron chi connectivity index (χ3n) is 5.13. The summed E-state index contributed by atoms with van der Waals surface area (Å²) < 4.78 is 32.3. The number of methoxy groups -OCH3 is 1. The number of ether oxygens (including phenoxy) is 1. The van der Waals surface area contributed by atoms with Crippen molar-refractivity contribution in [3.63, 3.8) is 0 Å². The minimum atomic E-state index is -1.01. The third kappa shape index (κ3) is 4.21. The van der Waals surface area contributed by atoms with Crippen molar-refractivity contribution in [2.75, 3.05) is 12.4 Å². The summed E-state index contributed by atoms with van der Waals surface area (Å²) >= 11 is 0. The van der Waals surface area contributed by atoms with Crippen molar-refractivity contribution in [2.24, 2.45) is 5.92 Å². The van der Waals surface area contributed by atoms with Crippen LogP contribution in [0.3, 0.4) is 0 Å². The molecule has 1 aliphatic rings. The molecule has 0 radical (unpaired) electrons. The van der Waals surface area contributed by atoms with Gasteiger partial charge in [-0.05, 0) is 61.3 Å². The van der Waals surface area contributed by atoms with Crippen LogP contribution >= 0.6 is 0 Å². The maximum Gasteiger partial charge on any atom is 0.224 e. The standard InChI is InChI=1S/C21H23F2NO2/c1-26-19-8-3-2-5-16(19)15-11-9-14(10-12-15)13-20(25)24-18-7-4-6-17(22)21(18)23/h2-8,14-15H,9-13H2,1H3,(H,24,25). The first-order valence-corrected chi connectivity index (χ1v) is 8.95. The van der Waals surface area contributed by atoms with Gasteiger partial charge < -0.3 is 10.1 Å². The molecule has 5 heteroatoms. The molecule has 1 aliphatic carbocycles. The molecule has 1 fully saturated rings. The maximum absolute atomic E-state index is 13.6. The number of hydrogen-bond donors (Lipinski definition) is 1. The van der Waals surface area contributed by atoms with Crippen LogP contribution in [-0.2, 0) is 4.79 Å². The predicted octanol–water partition coefficient (Wildman–Crippen LogP) is 5.28. The highest BCUT2D eigenvalue weighted by Gasteiger charge is 2.26. The van der Waals surface area contributed by atoms with Crippen molar-refractivity contribution in [3.05, 3.63) is 59.7 Å². The smallest absolute Gasteiger partial charge is 0.224 e. The van der Waals surface area contributed by atoms with Crippen LogP contribution < -0.4 is 10.1 Å². The molecule has 0 spiro atoms. The van der Waals surface area contributed by atoms with Gasteiger partial charge in [-0.25, -0.2) is 8.78 Å². The Morgan fingerprint density at radius 2 is 1.81 bits per heavy atom. The van der Waals surface area contributed by atoms with Gasteiger partial charge in [-0.15, -0.1) is 0 Å². The number of amides is 1. The quantitative estimate of drug-likeness (QED) is 0.789. The van der Waals surface area contributed by atoms with Gasteiger partial charge in [0.25, 0.3) is 0 Å². The van der Waals surface area contributed by atoms with Crippen molar-refractivity contribution in [2.45, 2.75) is 38.0 Å². The molecule has 0 bridgehead atoms. The van der Waals surface area contributed by atoms with E-state index in [0.717, 1.165) is 37.5 Å². The van der Waals surface area contributed by atoms with Gasteiger partial charge in [-0.1, -0.05) is 24.3 Å². The highest BCUT2D eigenvalue weighted by Crippen LogP contribution is 2.40. The topological polar surface area (TPSA) is 38.3 Å². The number of nitrogens with one attached hydrogen (secondary N) is 1. The summed E-state index contributed by atoms with van der Waals surface area (Å²) in [6.07, 6.45) is 4.18. The largest absolute Gasteiger partial charge is 0.496 e. The lowest BCUT2D eigenvalue weighted by Crippen LogP contribution is -2.21. The number of benzene rings is 2. The monoisotopic (exact) mass is 359 g/mol. The number of rotatable bonds is 5. The van der Waals surface area contributed by atoms with E-state index in [9.17, 15) is 13.6 Å². The third-order valence-corrected chi connectivity index (χ3v) is 5.13. The van der Waals surface area contributed by atoms with E-state index >= 15 is 0 Å². The van der Waals surface area contributed by atoms with Crippen LogP contribution in [0.4, 0.5) is 14.5 Å². The number of anilines is 1. The number of halogens is 2. The molecule has 0 saturated heterocycles. The maximum atomic E-state index is 13.6. The average Bonchev–Trinajstić information content (AvgIpc) is 2.66. The molecule has 1 saturated carbocycles. The van der Waals surface area contributed by atoms with E-state index in [-0.39, 0.29) is 17.5 Å². The fourth-order valence-corrected chi connectivity index (χ4v) is 3.75. The van der Waals surface area contributed by atoms with Crippen LogP contribution in [0.25, 0.3) is 0 Å². The van der Waals surface area contributed by atoms with Crippen LogP contribution in [0, 0.1) is 17.6 Å². The molecule has 2 aromatic carbocycles. The van der Waals surface area contributed by atoms with Crippen LogP contribution in [0.1, 0.15) is 43.6 Å². The van der Waals surface area contributed by atoms with Crippen molar-refractivity contribution in [3.8, 4) is 5.75 Å². The first-order chi connectivity index (χ1) is 12.6. The van der Waals surface area contributed by atoms with Gasteiger partial charge in [0.2, 0.25) is 5.91 Å². The second-order valence-electron chi connectivity index (χ2n) is 6.81. The molecular weight excluding hydrogens is 336 g/mol. The number of hydrogen-bond acceptors (Lipinski definition) is 2. The van der Waals surface area contributed by atoms with E-state index in [0.29, 0.717) is 12.3 Å². The molecule has 0 atom stereocenters. The van der Waals surface area contributed by atoms with Gasteiger partial charge in [0.15, 0.2) is 11.6 Å². The average molecular weight is 359 g/mol. The zero-order valence-electron chi connectivity index (χ0n) is 14.8. The lowest BCUT2D eigenvalue weighted by Gasteiger charge is -2.29. The van der Waals surface area contributed by atoms with E-state index in [1.54, 1.807) is 7.11 Å². The van der Waals surface area contributed by atoms with Gasteiger partial charge >= 0.3 is 0 Å². The second kappa shape index (κ2) is 8.30. The van der Waals surface area contributed by atoms with Gasteiger partial charge in [0.05, 0.1) is 12.8 Å². The minimum absolute atomic E-state index is 0.0993. The lowest BCUT2D eigenvalue weighted by molar-refractivity contribution is -0.117. The Balaban J connectivity index is 1.54. The van der Waals surface area contributed by atoms with E-state index in [1.165, 1.54) is 17.7 Å². The number of carbonyl (C=O) groups excluding carboxylic acids is 1. The van der Waals surface area contributed by atoms with Crippen LogP contribution in [-0.4, -0.2) is 13.0 Å². The molecule has 3 nitrogen and oxygen atoms in total. The molecular formula is C21H23F2NO2. The Labute approximate surface area is 152 Å². The van der Waals surface area contributed by atoms with Crippen LogP contribution in [0.5, 0.6) is 5.75 Å². The van der Waals surface area contributed by atoms with Gasteiger partial charge in [0, 0.05) is 6.42 Å². The Bertz CT molecular complexity index is 770. The molecule has 1 amide bonds. The zero-order chi connectivity index (χ0) is 18.5. The molecule has 0 heterocycles. The molecule has 0 aromatic heterocycles. The van der Waals surface area contributed by atoms with Crippen molar-refractivity contribution >= 4 is 11.6 Å². The summed E-state index contributed by atoms with van der Waals surface area (Å²) in [6, 6.07) is 11.8. The summed E-state index contributed by atoms with van der Waals surface area (Å²) in [6.45, 7) is 0. The summed E-state index contributed by atoms with van der Waals surface area (Å²) in [7, 11) is 1.68. The van der Waals surface area contributed by atoms with Crippen molar-refractivity contribution in [1.29, 1.82) is 0 Å². The van der Waals surface area contributed by atoms with E-state index in [1.807, 2.05) is 18.2 Å². The van der Waals surface area contributed by atoms with E-state index in [2.05, 4.69) is 11.4 Å².